The first-order valence-electron chi connectivity index (χ1n) is 9.95. The Morgan fingerprint density at radius 3 is 2.53 bits per heavy atom. The molecule has 4 rings (SSSR count). The van der Waals surface area contributed by atoms with Gasteiger partial charge in [-0.25, -0.2) is 4.98 Å². The Morgan fingerprint density at radius 1 is 1.13 bits per heavy atom. The monoisotopic (exact) mass is 416 g/mol. The molecule has 158 valence electrons. The Kier molecular flexibility index (Phi) is 5.81. The summed E-state index contributed by atoms with van der Waals surface area (Å²) in [5.74, 6) is 0.484. The van der Waals surface area contributed by atoms with Gasteiger partial charge in [0.1, 0.15) is 6.10 Å². The summed E-state index contributed by atoms with van der Waals surface area (Å²) in [5, 5.41) is 9.82. The molecule has 0 saturated carbocycles. The van der Waals surface area contributed by atoms with Crippen LogP contribution in [0.4, 0.5) is 13.2 Å². The zero-order valence-electron chi connectivity index (χ0n) is 16.3. The first-order chi connectivity index (χ1) is 14.4. The van der Waals surface area contributed by atoms with E-state index in [1.165, 1.54) is 11.6 Å². The maximum atomic E-state index is 12.7. The highest BCUT2D eigenvalue weighted by Gasteiger charge is 2.35. The smallest absolute Gasteiger partial charge is 0.417 e. The summed E-state index contributed by atoms with van der Waals surface area (Å²) in [6.45, 7) is 0.522. The van der Waals surface area contributed by atoms with E-state index in [1.807, 2.05) is 18.2 Å². The van der Waals surface area contributed by atoms with Crippen molar-refractivity contribution in [3.05, 3.63) is 83.7 Å². The molecule has 0 spiro atoms. The van der Waals surface area contributed by atoms with E-state index in [4.69, 9.17) is 4.74 Å². The van der Waals surface area contributed by atoms with Crippen LogP contribution in [-0.2, 0) is 6.18 Å². The molecule has 7 heteroatoms. The van der Waals surface area contributed by atoms with E-state index in [0.717, 1.165) is 24.4 Å². The number of ether oxygens (including phenoxy) is 1. The minimum Gasteiger partial charge on any atom is -0.472 e. The number of nitrogens with zero attached hydrogens (tertiary/aromatic N) is 2. The van der Waals surface area contributed by atoms with Crippen LogP contribution in [0, 0.1) is 0 Å². The van der Waals surface area contributed by atoms with Gasteiger partial charge in [-0.1, -0.05) is 42.5 Å². The minimum absolute atomic E-state index is 0.0202. The molecule has 4 nitrogen and oxygen atoms in total. The number of alkyl halides is 3. The maximum absolute atomic E-state index is 12.7. The van der Waals surface area contributed by atoms with Gasteiger partial charge in [-0.15, -0.1) is 0 Å². The fourth-order valence-electron chi connectivity index (χ4n) is 4.01. The van der Waals surface area contributed by atoms with Gasteiger partial charge in [0, 0.05) is 30.3 Å². The third-order valence-electron chi connectivity index (χ3n) is 5.58. The highest BCUT2D eigenvalue weighted by Crippen LogP contribution is 2.33. The molecule has 0 bridgehead atoms. The van der Waals surface area contributed by atoms with Crippen LogP contribution in [0.15, 0.2) is 72.6 Å². The van der Waals surface area contributed by atoms with Crippen molar-refractivity contribution in [2.75, 3.05) is 13.2 Å². The fraction of sp³-hybridized carbons (Fsp3) is 0.348. The summed E-state index contributed by atoms with van der Waals surface area (Å²) in [4.78, 5) is 5.89. The van der Waals surface area contributed by atoms with Crippen LogP contribution < -0.4 is 4.74 Å². The average molecular weight is 416 g/mol. The first kappa shape index (κ1) is 20.5. The second kappa shape index (κ2) is 8.52. The van der Waals surface area contributed by atoms with Gasteiger partial charge in [0.2, 0.25) is 5.88 Å². The van der Waals surface area contributed by atoms with Gasteiger partial charge in [-0.05, 0) is 24.1 Å². The molecular weight excluding hydrogens is 393 g/mol. The minimum atomic E-state index is -4.42. The van der Waals surface area contributed by atoms with E-state index in [1.54, 1.807) is 0 Å². The van der Waals surface area contributed by atoms with Crippen molar-refractivity contribution in [2.45, 2.75) is 37.1 Å². The number of hydrogen-bond acceptors (Lipinski definition) is 4. The number of hydrogen-bond donors (Lipinski definition) is 1. The largest absolute Gasteiger partial charge is 0.472 e. The van der Waals surface area contributed by atoms with Crippen LogP contribution in [-0.4, -0.2) is 40.3 Å². The van der Waals surface area contributed by atoms with E-state index in [-0.39, 0.29) is 24.6 Å². The zero-order valence-corrected chi connectivity index (χ0v) is 16.3. The van der Waals surface area contributed by atoms with E-state index < -0.39 is 11.7 Å². The van der Waals surface area contributed by atoms with Crippen molar-refractivity contribution in [3.8, 4) is 5.88 Å². The van der Waals surface area contributed by atoms with Crippen molar-refractivity contribution in [2.24, 2.45) is 0 Å². The van der Waals surface area contributed by atoms with Crippen LogP contribution in [0.1, 0.15) is 29.9 Å². The van der Waals surface area contributed by atoms with E-state index >= 15 is 0 Å². The van der Waals surface area contributed by atoms with E-state index in [0.29, 0.717) is 18.9 Å². The van der Waals surface area contributed by atoms with Crippen molar-refractivity contribution in [1.82, 2.24) is 9.88 Å². The van der Waals surface area contributed by atoms with Crippen LogP contribution >= 0.6 is 0 Å². The Morgan fingerprint density at radius 2 is 1.93 bits per heavy atom. The highest BCUT2D eigenvalue weighted by molar-refractivity contribution is 5.33. The van der Waals surface area contributed by atoms with Gasteiger partial charge in [-0.3, -0.25) is 0 Å². The lowest BCUT2D eigenvalue weighted by molar-refractivity contribution is -0.137. The predicted octanol–water partition coefficient (Wildman–Crippen LogP) is 4.54. The molecule has 0 amide bonds. The van der Waals surface area contributed by atoms with Crippen molar-refractivity contribution in [3.63, 3.8) is 0 Å². The molecule has 1 aromatic heterocycles. The molecule has 30 heavy (non-hydrogen) atoms. The lowest BCUT2D eigenvalue weighted by Gasteiger charge is -2.28. The molecule has 2 heterocycles. The third kappa shape index (κ3) is 4.51. The lowest BCUT2D eigenvalue weighted by atomic mass is 9.91. The molecule has 1 fully saturated rings. The second-order valence-corrected chi connectivity index (χ2v) is 7.59. The Balaban J connectivity index is 1.40. The molecule has 3 atom stereocenters. The van der Waals surface area contributed by atoms with Crippen LogP contribution in [0.3, 0.4) is 0 Å². The van der Waals surface area contributed by atoms with Gasteiger partial charge < -0.3 is 14.7 Å². The summed E-state index contributed by atoms with van der Waals surface area (Å²) in [6.07, 6.45) is 3.96. The molecule has 1 aliphatic carbocycles. The maximum Gasteiger partial charge on any atom is 0.417 e. The first-order valence-corrected chi connectivity index (χ1v) is 9.95. The SMILES string of the molecule is OC[C@@H]1C[C@H](Oc2ccc(C(F)(F)F)cn2)CN1C1=CCC(c2ccccc2)C=C1. The number of rotatable bonds is 5. The number of aromatic nitrogens is 1. The van der Waals surface area contributed by atoms with Crippen LogP contribution in [0.5, 0.6) is 5.88 Å². The number of aliphatic hydroxyl groups excluding tert-OH is 1. The topological polar surface area (TPSA) is 45.6 Å². The molecule has 2 aromatic rings. The Bertz CT molecular complexity index is 910. The number of aliphatic hydroxyl groups is 1. The standard InChI is InChI=1S/C23H23F3N2O2/c24-23(25,26)18-8-11-22(27-13-18)30-21-12-20(15-29)28(14-21)19-9-6-17(7-10-19)16-4-2-1-3-5-16/h1-6,8-11,13,17,20-21,29H,7,12,14-15H2/t17?,20-,21-/m0/s1. The molecule has 1 N–H and O–H groups in total. The lowest BCUT2D eigenvalue weighted by Crippen LogP contribution is -2.32. The normalized spacial score (nSPS) is 24.1. The number of likely N-dealkylation sites (tertiary alicyclic amines) is 1. The van der Waals surface area contributed by atoms with Gasteiger partial charge in [0.05, 0.1) is 24.8 Å². The molecule has 2 aliphatic rings. The summed E-state index contributed by atoms with van der Waals surface area (Å²) in [6, 6.07) is 12.4. The van der Waals surface area contributed by atoms with Crippen molar-refractivity contribution < 1.29 is 23.0 Å². The van der Waals surface area contributed by atoms with Gasteiger partial charge in [0.15, 0.2) is 0 Å². The number of halogens is 3. The number of allylic oxidation sites excluding steroid dienone is 3. The van der Waals surface area contributed by atoms with Gasteiger partial charge in [-0.2, -0.15) is 13.2 Å². The number of benzene rings is 1. The molecule has 1 unspecified atom stereocenters. The molecule has 1 saturated heterocycles. The highest BCUT2D eigenvalue weighted by atomic mass is 19.4. The van der Waals surface area contributed by atoms with Crippen molar-refractivity contribution >= 4 is 0 Å². The fourth-order valence-corrected chi connectivity index (χ4v) is 4.01. The average Bonchev–Trinajstić information content (AvgIpc) is 3.17. The zero-order chi connectivity index (χ0) is 21.1. The summed E-state index contributed by atoms with van der Waals surface area (Å²) >= 11 is 0. The molecular formula is C23H23F3N2O2. The van der Waals surface area contributed by atoms with E-state index in [2.05, 4.69) is 40.2 Å². The van der Waals surface area contributed by atoms with Gasteiger partial charge in [0.25, 0.3) is 0 Å². The number of pyridine rings is 1. The second-order valence-electron chi connectivity index (χ2n) is 7.59. The van der Waals surface area contributed by atoms with Crippen molar-refractivity contribution in [1.29, 1.82) is 0 Å². The summed E-state index contributed by atoms with van der Waals surface area (Å²) < 4.78 is 43.9. The van der Waals surface area contributed by atoms with Crippen LogP contribution in [0.2, 0.25) is 0 Å². The molecule has 1 aliphatic heterocycles. The van der Waals surface area contributed by atoms with E-state index in [9.17, 15) is 18.3 Å². The third-order valence-corrected chi connectivity index (χ3v) is 5.58. The summed E-state index contributed by atoms with van der Waals surface area (Å²) in [5.41, 5.74) is 1.49. The Hall–Kier alpha value is -2.80. The Labute approximate surface area is 173 Å². The van der Waals surface area contributed by atoms with Crippen LogP contribution in [0.25, 0.3) is 0 Å². The quantitative estimate of drug-likeness (QED) is 0.777. The van der Waals surface area contributed by atoms with Gasteiger partial charge >= 0.3 is 6.18 Å². The molecule has 1 aromatic carbocycles. The molecule has 0 radical (unpaired) electrons. The summed E-state index contributed by atoms with van der Waals surface area (Å²) in [7, 11) is 0. The predicted molar refractivity (Wildman–Crippen MR) is 107 cm³/mol.